The van der Waals surface area contributed by atoms with Crippen LogP contribution in [0.3, 0.4) is 0 Å². The number of benzene rings is 1. The number of piperazine rings is 1. The van der Waals surface area contributed by atoms with Gasteiger partial charge < -0.3 is 47.6 Å². The highest BCUT2D eigenvalue weighted by Crippen LogP contribution is 2.26. The number of phenolic OH excluding ortho intramolecular Hbond substituents is 1. The van der Waals surface area contributed by atoms with E-state index in [4.69, 9.17) is 0 Å². The predicted molar refractivity (Wildman–Crippen MR) is 71.6 cm³/mol. The molecular formula is C14H17Cl3N3O-3. The Morgan fingerprint density at radius 1 is 1.10 bits per heavy atom. The summed E-state index contributed by atoms with van der Waals surface area (Å²) in [6.45, 7) is 5.16. The SMILES string of the molecule is Oc1ccc(CN2CCNCC2)c2cccnc12.[Cl-].[Cl-].[Cl-]. The number of nitrogens with one attached hydrogen (secondary N) is 1. The minimum absolute atomic E-state index is 0. The molecule has 1 aliphatic heterocycles. The summed E-state index contributed by atoms with van der Waals surface area (Å²) >= 11 is 0. The Hall–Kier alpha value is -0.780. The van der Waals surface area contributed by atoms with E-state index in [9.17, 15) is 5.11 Å². The van der Waals surface area contributed by atoms with Crippen molar-refractivity contribution in [3.8, 4) is 5.75 Å². The molecule has 0 unspecified atom stereocenters. The van der Waals surface area contributed by atoms with Crippen molar-refractivity contribution in [2.75, 3.05) is 26.2 Å². The van der Waals surface area contributed by atoms with Crippen LogP contribution >= 0.6 is 0 Å². The lowest BCUT2D eigenvalue weighted by molar-refractivity contribution is -0.00100. The maximum atomic E-state index is 9.82. The molecule has 2 heterocycles. The number of halogens is 3. The molecule has 118 valence electrons. The number of phenols is 1. The van der Waals surface area contributed by atoms with Crippen molar-refractivity contribution in [1.29, 1.82) is 0 Å². The summed E-state index contributed by atoms with van der Waals surface area (Å²) in [5.41, 5.74) is 1.93. The van der Waals surface area contributed by atoms with Crippen molar-refractivity contribution in [2.24, 2.45) is 0 Å². The van der Waals surface area contributed by atoms with E-state index < -0.39 is 0 Å². The first kappa shape index (κ1) is 20.2. The van der Waals surface area contributed by atoms with Crippen LogP contribution in [0.25, 0.3) is 10.9 Å². The zero-order valence-electron chi connectivity index (χ0n) is 11.4. The molecule has 7 heteroatoms. The number of fused-ring (bicyclic) bond motifs is 1. The number of aromatic nitrogens is 1. The second kappa shape index (κ2) is 9.28. The molecule has 0 aliphatic carbocycles. The van der Waals surface area contributed by atoms with Crippen LogP contribution in [-0.4, -0.2) is 41.2 Å². The van der Waals surface area contributed by atoms with Gasteiger partial charge in [-0.15, -0.1) is 0 Å². The lowest BCUT2D eigenvalue weighted by atomic mass is 10.1. The van der Waals surface area contributed by atoms with Crippen LogP contribution < -0.4 is 42.5 Å². The smallest absolute Gasteiger partial charge is 0.141 e. The molecule has 0 saturated carbocycles. The number of pyridine rings is 1. The molecule has 1 aromatic carbocycles. The molecule has 0 bridgehead atoms. The minimum Gasteiger partial charge on any atom is -1.00 e. The first-order chi connectivity index (χ1) is 8.84. The van der Waals surface area contributed by atoms with Crippen LogP contribution in [0.2, 0.25) is 0 Å². The van der Waals surface area contributed by atoms with E-state index in [0.29, 0.717) is 5.52 Å². The third-order valence-corrected chi connectivity index (χ3v) is 3.44. The third-order valence-electron chi connectivity index (χ3n) is 3.44. The van der Waals surface area contributed by atoms with Gasteiger partial charge in [0.25, 0.3) is 0 Å². The van der Waals surface area contributed by atoms with E-state index in [1.54, 1.807) is 12.3 Å². The maximum absolute atomic E-state index is 9.82. The number of hydrogen-bond acceptors (Lipinski definition) is 4. The molecular weight excluding hydrogens is 333 g/mol. The summed E-state index contributed by atoms with van der Waals surface area (Å²) in [5, 5.41) is 14.2. The number of nitrogens with zero attached hydrogens (tertiary/aromatic N) is 2. The van der Waals surface area contributed by atoms with Crippen LogP contribution in [0.4, 0.5) is 0 Å². The molecule has 1 aromatic heterocycles. The second-order valence-corrected chi connectivity index (χ2v) is 4.67. The average Bonchev–Trinajstić information content (AvgIpc) is 2.44. The Balaban J connectivity index is 0.00000133. The van der Waals surface area contributed by atoms with E-state index in [0.717, 1.165) is 38.1 Å². The molecule has 2 N–H and O–H groups in total. The molecule has 0 atom stereocenters. The predicted octanol–water partition coefficient (Wildman–Crippen LogP) is -7.64. The van der Waals surface area contributed by atoms with E-state index >= 15 is 0 Å². The van der Waals surface area contributed by atoms with Crippen LogP contribution in [0, 0.1) is 0 Å². The highest BCUT2D eigenvalue weighted by Gasteiger charge is 2.12. The Morgan fingerprint density at radius 2 is 1.81 bits per heavy atom. The minimum atomic E-state index is 0. The van der Waals surface area contributed by atoms with E-state index in [1.807, 2.05) is 18.2 Å². The van der Waals surface area contributed by atoms with Crippen molar-refractivity contribution in [3.05, 3.63) is 36.0 Å². The Morgan fingerprint density at radius 3 is 2.52 bits per heavy atom. The molecule has 1 fully saturated rings. The van der Waals surface area contributed by atoms with Gasteiger partial charge in [-0.3, -0.25) is 9.88 Å². The number of rotatable bonds is 2. The number of hydrogen-bond donors (Lipinski definition) is 2. The average molecular weight is 350 g/mol. The Kier molecular flexibility index (Phi) is 8.94. The summed E-state index contributed by atoms with van der Waals surface area (Å²) in [5.74, 6) is 0.259. The molecule has 0 spiro atoms. The topological polar surface area (TPSA) is 48.4 Å². The highest BCUT2D eigenvalue weighted by molar-refractivity contribution is 5.87. The summed E-state index contributed by atoms with van der Waals surface area (Å²) in [6.07, 6.45) is 1.72. The highest BCUT2D eigenvalue weighted by atomic mass is 35.5. The normalized spacial score (nSPS) is 14.7. The Labute approximate surface area is 143 Å². The molecule has 2 aromatic rings. The molecule has 1 saturated heterocycles. The summed E-state index contributed by atoms with van der Waals surface area (Å²) in [6, 6.07) is 7.69. The summed E-state index contributed by atoms with van der Waals surface area (Å²) in [7, 11) is 0. The van der Waals surface area contributed by atoms with Gasteiger partial charge in [0.1, 0.15) is 11.3 Å². The van der Waals surface area contributed by atoms with E-state index in [1.165, 1.54) is 5.56 Å². The number of aromatic hydroxyl groups is 1. The fourth-order valence-corrected chi connectivity index (χ4v) is 2.46. The fourth-order valence-electron chi connectivity index (χ4n) is 2.46. The summed E-state index contributed by atoms with van der Waals surface area (Å²) < 4.78 is 0. The van der Waals surface area contributed by atoms with Crippen molar-refractivity contribution >= 4 is 10.9 Å². The van der Waals surface area contributed by atoms with Gasteiger partial charge in [-0.1, -0.05) is 12.1 Å². The largest absolute Gasteiger partial charge is 1.00 e. The lowest BCUT2D eigenvalue weighted by Gasteiger charge is -2.27. The van der Waals surface area contributed by atoms with Crippen molar-refractivity contribution in [2.45, 2.75) is 6.54 Å². The van der Waals surface area contributed by atoms with Crippen molar-refractivity contribution in [1.82, 2.24) is 15.2 Å². The first-order valence-corrected chi connectivity index (χ1v) is 6.33. The van der Waals surface area contributed by atoms with E-state index in [-0.39, 0.29) is 43.0 Å². The zero-order valence-corrected chi connectivity index (χ0v) is 13.7. The molecule has 1 aliphatic rings. The van der Waals surface area contributed by atoms with Gasteiger partial charge in [-0.25, -0.2) is 0 Å². The van der Waals surface area contributed by atoms with E-state index in [2.05, 4.69) is 15.2 Å². The second-order valence-electron chi connectivity index (χ2n) is 4.67. The zero-order chi connectivity index (χ0) is 12.4. The molecule has 4 nitrogen and oxygen atoms in total. The Bertz CT molecular complexity index is 562. The van der Waals surface area contributed by atoms with Gasteiger partial charge in [-0.2, -0.15) is 0 Å². The first-order valence-electron chi connectivity index (χ1n) is 6.33. The van der Waals surface area contributed by atoms with Crippen LogP contribution in [-0.2, 0) is 6.54 Å². The molecule has 21 heavy (non-hydrogen) atoms. The van der Waals surface area contributed by atoms with Gasteiger partial charge >= 0.3 is 0 Å². The lowest BCUT2D eigenvalue weighted by Crippen LogP contribution is -3.00. The molecule has 0 amide bonds. The molecule has 3 rings (SSSR count). The van der Waals surface area contributed by atoms with Crippen LogP contribution in [0.5, 0.6) is 5.75 Å². The monoisotopic (exact) mass is 348 g/mol. The fraction of sp³-hybridized carbons (Fsp3) is 0.357. The van der Waals surface area contributed by atoms with Gasteiger partial charge in [0.15, 0.2) is 0 Å². The van der Waals surface area contributed by atoms with Crippen molar-refractivity contribution < 1.29 is 42.3 Å². The van der Waals surface area contributed by atoms with Gasteiger partial charge in [0, 0.05) is 44.3 Å². The van der Waals surface area contributed by atoms with Crippen LogP contribution in [0.15, 0.2) is 30.5 Å². The third kappa shape index (κ3) is 4.59. The van der Waals surface area contributed by atoms with Crippen LogP contribution in [0.1, 0.15) is 5.56 Å². The summed E-state index contributed by atoms with van der Waals surface area (Å²) in [4.78, 5) is 6.68. The van der Waals surface area contributed by atoms with Gasteiger partial charge in [0.2, 0.25) is 0 Å². The van der Waals surface area contributed by atoms with Crippen molar-refractivity contribution in [3.63, 3.8) is 0 Å². The standard InChI is InChI=1S/C14H17N3O.3ClH/c18-13-4-3-11(10-17-8-6-15-7-9-17)12-2-1-5-16-14(12)13;;;/h1-5,15,18H,6-10H2;3*1H/p-3. The molecule has 0 radical (unpaired) electrons. The maximum Gasteiger partial charge on any atom is 0.141 e. The van der Waals surface area contributed by atoms with Gasteiger partial charge in [0.05, 0.1) is 0 Å². The van der Waals surface area contributed by atoms with Gasteiger partial charge in [-0.05, 0) is 17.7 Å². The quantitative estimate of drug-likeness (QED) is 0.566.